The van der Waals surface area contributed by atoms with Crippen LogP contribution in [0, 0.1) is 11.8 Å². The van der Waals surface area contributed by atoms with Crippen molar-refractivity contribution in [3.8, 4) is 11.5 Å². The number of fused-ring (bicyclic) bond motifs is 1. The second-order valence-electron chi connectivity index (χ2n) is 5.60. The molecule has 1 aromatic rings. The van der Waals surface area contributed by atoms with E-state index in [0.717, 1.165) is 5.56 Å². The third-order valence-electron chi connectivity index (χ3n) is 4.03. The summed E-state index contributed by atoms with van der Waals surface area (Å²) >= 11 is 3.33. The molecule has 0 unspecified atom stereocenters. The molecule has 3 rings (SSSR count). The van der Waals surface area contributed by atoms with E-state index in [9.17, 15) is 18.0 Å². The highest BCUT2D eigenvalue weighted by Gasteiger charge is 2.52. The van der Waals surface area contributed by atoms with Crippen molar-refractivity contribution in [1.29, 1.82) is 0 Å². The van der Waals surface area contributed by atoms with Gasteiger partial charge in [0.1, 0.15) is 0 Å². The number of alkyl halides is 3. The maximum absolute atomic E-state index is 13.0. The lowest BCUT2D eigenvalue weighted by Crippen LogP contribution is -2.33. The van der Waals surface area contributed by atoms with Crippen molar-refractivity contribution in [2.24, 2.45) is 11.8 Å². The number of halogens is 4. The average molecular weight is 396 g/mol. The van der Waals surface area contributed by atoms with Crippen LogP contribution in [-0.2, 0) is 11.3 Å². The van der Waals surface area contributed by atoms with Crippen molar-refractivity contribution in [3.05, 3.63) is 22.2 Å². The quantitative estimate of drug-likeness (QED) is 0.852. The molecule has 1 fully saturated rings. The van der Waals surface area contributed by atoms with Gasteiger partial charge >= 0.3 is 12.1 Å². The fourth-order valence-electron chi connectivity index (χ4n) is 2.97. The maximum atomic E-state index is 13.0. The van der Waals surface area contributed by atoms with Gasteiger partial charge in [-0.2, -0.15) is 13.2 Å². The zero-order chi connectivity index (χ0) is 16.8. The largest absolute Gasteiger partial charge is 0.481 e. The topological polar surface area (TPSA) is 59.0 Å². The van der Waals surface area contributed by atoms with Gasteiger partial charge in [-0.3, -0.25) is 9.69 Å². The lowest BCUT2D eigenvalue weighted by molar-refractivity contribution is -0.188. The molecule has 5 nitrogen and oxygen atoms in total. The summed E-state index contributed by atoms with van der Waals surface area (Å²) in [6, 6.07) is 3.44. The highest BCUT2D eigenvalue weighted by atomic mass is 79.9. The molecule has 0 aliphatic carbocycles. The lowest BCUT2D eigenvalue weighted by Gasteiger charge is -2.18. The molecule has 1 N–H and O–H groups in total. The van der Waals surface area contributed by atoms with E-state index in [4.69, 9.17) is 14.6 Å². The first kappa shape index (κ1) is 16.4. The summed E-state index contributed by atoms with van der Waals surface area (Å²) in [6.07, 6.45) is -4.52. The van der Waals surface area contributed by atoms with E-state index in [1.165, 1.54) is 4.90 Å². The number of hydrogen-bond donors (Lipinski definition) is 1. The van der Waals surface area contributed by atoms with Crippen molar-refractivity contribution < 1.29 is 32.5 Å². The van der Waals surface area contributed by atoms with Crippen LogP contribution in [0.3, 0.4) is 0 Å². The Morgan fingerprint density at radius 3 is 2.70 bits per heavy atom. The molecule has 126 valence electrons. The van der Waals surface area contributed by atoms with Crippen LogP contribution in [0.5, 0.6) is 11.5 Å². The lowest BCUT2D eigenvalue weighted by atomic mass is 9.96. The highest BCUT2D eigenvalue weighted by molar-refractivity contribution is 9.10. The predicted octanol–water partition coefficient (Wildman–Crippen LogP) is 2.87. The van der Waals surface area contributed by atoms with E-state index < -0.39 is 24.0 Å². The number of carboxylic acid groups (broad SMARTS) is 1. The molecule has 0 radical (unpaired) electrons. The summed E-state index contributed by atoms with van der Waals surface area (Å²) < 4.78 is 50.2. The molecule has 2 aliphatic heterocycles. The van der Waals surface area contributed by atoms with E-state index in [2.05, 4.69) is 15.9 Å². The summed E-state index contributed by atoms with van der Waals surface area (Å²) in [7, 11) is 0. The van der Waals surface area contributed by atoms with Crippen molar-refractivity contribution in [2.75, 3.05) is 19.9 Å². The number of ether oxygens (including phenoxy) is 2. The van der Waals surface area contributed by atoms with Crippen LogP contribution < -0.4 is 9.47 Å². The number of rotatable bonds is 3. The molecule has 23 heavy (non-hydrogen) atoms. The summed E-state index contributed by atoms with van der Waals surface area (Å²) in [5.41, 5.74) is 0.730. The minimum absolute atomic E-state index is 0.0956. The van der Waals surface area contributed by atoms with Gasteiger partial charge in [-0.15, -0.1) is 0 Å². The molecule has 0 amide bonds. The third-order valence-corrected chi connectivity index (χ3v) is 4.62. The molecule has 2 atom stereocenters. The van der Waals surface area contributed by atoms with Gasteiger partial charge in [0.2, 0.25) is 6.79 Å². The second kappa shape index (κ2) is 5.86. The van der Waals surface area contributed by atoms with Crippen LogP contribution in [0.1, 0.15) is 5.56 Å². The zero-order valence-corrected chi connectivity index (χ0v) is 13.4. The molecule has 0 aromatic heterocycles. The number of carboxylic acids is 1. The second-order valence-corrected chi connectivity index (χ2v) is 6.45. The molecule has 2 aliphatic rings. The number of hydrogen-bond acceptors (Lipinski definition) is 4. The zero-order valence-electron chi connectivity index (χ0n) is 11.8. The SMILES string of the molecule is O=C(O)[C@@H]1CN(Cc2cc(Br)c3c(c2)OCO3)C[C@H]1C(F)(F)F. The minimum Gasteiger partial charge on any atom is -0.481 e. The van der Waals surface area contributed by atoms with Gasteiger partial charge in [-0.1, -0.05) is 0 Å². The number of carbonyl (C=O) groups is 1. The Morgan fingerprint density at radius 2 is 2.09 bits per heavy atom. The molecular formula is C14H13BrF3NO4. The van der Waals surface area contributed by atoms with E-state index >= 15 is 0 Å². The van der Waals surface area contributed by atoms with Crippen LogP contribution in [0.15, 0.2) is 16.6 Å². The number of benzene rings is 1. The van der Waals surface area contributed by atoms with Gasteiger partial charge in [0.15, 0.2) is 11.5 Å². The Bertz CT molecular complexity index is 637. The van der Waals surface area contributed by atoms with Crippen LogP contribution in [-0.4, -0.2) is 42.0 Å². The molecule has 0 saturated carbocycles. The molecule has 2 heterocycles. The van der Waals surface area contributed by atoms with Crippen LogP contribution >= 0.6 is 15.9 Å². The Morgan fingerprint density at radius 1 is 1.35 bits per heavy atom. The van der Waals surface area contributed by atoms with Gasteiger partial charge in [0, 0.05) is 19.6 Å². The Balaban J connectivity index is 1.77. The van der Waals surface area contributed by atoms with Gasteiger partial charge < -0.3 is 14.6 Å². The first-order valence-corrected chi connectivity index (χ1v) is 7.65. The summed E-state index contributed by atoms with van der Waals surface area (Å²) in [4.78, 5) is 12.6. The number of likely N-dealkylation sites (tertiary alicyclic amines) is 1. The summed E-state index contributed by atoms with van der Waals surface area (Å²) in [5.74, 6) is -3.62. The van der Waals surface area contributed by atoms with E-state index in [1.807, 2.05) is 0 Å². The molecule has 0 bridgehead atoms. The predicted molar refractivity (Wildman–Crippen MR) is 76.2 cm³/mol. The average Bonchev–Trinajstić information content (AvgIpc) is 3.04. The van der Waals surface area contributed by atoms with Crippen molar-refractivity contribution in [1.82, 2.24) is 4.90 Å². The van der Waals surface area contributed by atoms with Gasteiger partial charge in [-0.05, 0) is 33.6 Å². The maximum Gasteiger partial charge on any atom is 0.393 e. The van der Waals surface area contributed by atoms with E-state index in [0.29, 0.717) is 16.0 Å². The molecule has 1 aromatic carbocycles. The summed E-state index contributed by atoms with van der Waals surface area (Å²) in [5, 5.41) is 9.03. The van der Waals surface area contributed by atoms with Crippen LogP contribution in [0.4, 0.5) is 13.2 Å². The Hall–Kier alpha value is -1.48. The van der Waals surface area contributed by atoms with Gasteiger partial charge in [0.25, 0.3) is 0 Å². The first-order valence-electron chi connectivity index (χ1n) is 6.85. The molecule has 9 heteroatoms. The number of aliphatic carboxylic acids is 1. The number of nitrogens with zero attached hydrogens (tertiary/aromatic N) is 1. The first-order chi connectivity index (χ1) is 10.8. The van der Waals surface area contributed by atoms with Crippen LogP contribution in [0.25, 0.3) is 0 Å². The normalized spacial score (nSPS) is 24.2. The Labute approximate surface area is 138 Å². The highest BCUT2D eigenvalue weighted by Crippen LogP contribution is 2.41. The minimum atomic E-state index is -4.52. The van der Waals surface area contributed by atoms with E-state index in [1.54, 1.807) is 12.1 Å². The molecule has 1 saturated heterocycles. The van der Waals surface area contributed by atoms with Crippen molar-refractivity contribution in [3.63, 3.8) is 0 Å². The fourth-order valence-corrected chi connectivity index (χ4v) is 3.57. The van der Waals surface area contributed by atoms with E-state index in [-0.39, 0.29) is 26.4 Å². The standard InChI is InChI=1S/C14H13BrF3NO4/c15-10-1-7(2-11-12(10)23-6-22-11)3-19-4-8(13(20)21)9(5-19)14(16,17)18/h1-2,8-9H,3-6H2,(H,20,21)/t8-,9-/m1/s1. The third kappa shape index (κ3) is 3.25. The van der Waals surface area contributed by atoms with Crippen molar-refractivity contribution >= 4 is 21.9 Å². The van der Waals surface area contributed by atoms with Crippen LogP contribution in [0.2, 0.25) is 0 Å². The fraction of sp³-hybridized carbons (Fsp3) is 0.500. The summed E-state index contributed by atoms with van der Waals surface area (Å²) in [6.45, 7) is -0.151. The molecule has 0 spiro atoms. The smallest absolute Gasteiger partial charge is 0.393 e. The van der Waals surface area contributed by atoms with Gasteiger partial charge in [-0.25, -0.2) is 0 Å². The van der Waals surface area contributed by atoms with Gasteiger partial charge in [0.05, 0.1) is 16.3 Å². The van der Waals surface area contributed by atoms with Crippen molar-refractivity contribution in [2.45, 2.75) is 12.7 Å². The molecular weight excluding hydrogens is 383 g/mol. The monoisotopic (exact) mass is 395 g/mol. The Kier molecular flexibility index (Phi) is 4.18.